The Bertz CT molecular complexity index is 1090. The molecule has 17 atom stereocenters. The number of Topliss-reactive ketones (excluding diaryl/α,β-unsaturated/α-hetero) is 1. The lowest BCUT2D eigenvalue weighted by atomic mass is 9.76. The molecule has 48 heavy (non-hydrogen) atoms. The number of methoxy groups -OCH3 is 1. The zero-order valence-corrected chi connectivity index (χ0v) is 30.2. The molecule has 280 valence electrons. The van der Waals surface area contributed by atoms with Gasteiger partial charge in [-0.2, -0.15) is 0 Å². The lowest BCUT2D eigenvalue weighted by molar-refractivity contribution is -0.315. The van der Waals surface area contributed by atoms with Crippen LogP contribution in [0.2, 0.25) is 0 Å². The van der Waals surface area contributed by atoms with Gasteiger partial charge < -0.3 is 59.7 Å². The van der Waals surface area contributed by atoms with E-state index in [2.05, 4.69) is 0 Å². The molecule has 0 aromatic rings. The van der Waals surface area contributed by atoms with Crippen LogP contribution in [-0.4, -0.2) is 129 Å². The topological polar surface area (TPSA) is 217 Å². The van der Waals surface area contributed by atoms with Crippen molar-refractivity contribution in [2.45, 2.75) is 179 Å². The number of esters is 1. The van der Waals surface area contributed by atoms with Crippen LogP contribution in [0.25, 0.3) is 0 Å². The normalized spacial score (nSPS) is 50.4. The number of cyclic esters (lactones) is 1. The van der Waals surface area contributed by atoms with Crippen LogP contribution in [0.4, 0.5) is 0 Å². The first-order valence-corrected chi connectivity index (χ1v) is 17.3. The van der Waals surface area contributed by atoms with Gasteiger partial charge in [-0.25, -0.2) is 0 Å². The molecule has 0 amide bonds. The first-order chi connectivity index (χ1) is 22.1. The number of carbonyl (C=O) groups excluding carboxylic acids is 2. The van der Waals surface area contributed by atoms with Gasteiger partial charge in [-0.05, 0) is 60.8 Å². The van der Waals surface area contributed by atoms with E-state index in [0.29, 0.717) is 6.42 Å². The van der Waals surface area contributed by atoms with Gasteiger partial charge in [0.1, 0.15) is 29.7 Å². The Morgan fingerprint density at radius 3 is 2.15 bits per heavy atom. The maximum absolute atomic E-state index is 13.9. The number of ether oxygens (including phenoxy) is 6. The molecule has 7 N–H and O–H groups in total. The molecule has 14 nitrogen and oxygen atoms in total. The number of ketones is 1. The number of carbonyl (C=O) groups is 2. The summed E-state index contributed by atoms with van der Waals surface area (Å²) in [6.45, 7) is 14.4. The van der Waals surface area contributed by atoms with Crippen LogP contribution in [0.1, 0.15) is 94.4 Å². The fourth-order valence-electron chi connectivity index (χ4n) is 7.44. The third-order valence-corrected chi connectivity index (χ3v) is 11.0. The Hall–Kier alpha value is -1.30. The Balaban J connectivity index is 2.13. The standard InChI is InChI=1S/C34H61NO13/c1-11-23-34(9,42)27(38)17(3)22(36)12-13-32(7,41)29(48-31-25(37)21(35)14-16(2)44-31)18(4)26(19(5)30(40)46-23)47-24-15-33(8,43-10)28(39)20(6)45-24/h16-21,23-29,31,37-39,41-42H,11-15,35H2,1-10H3/t16-,17-,18+,19-,20+,21+,23+,24+,25-,26-,27?,28+,29-,31+,32-,33-,34-/m1/s1. The van der Waals surface area contributed by atoms with E-state index < -0.39 is 108 Å². The van der Waals surface area contributed by atoms with Gasteiger partial charge in [-0.1, -0.05) is 20.8 Å². The lowest BCUT2D eigenvalue weighted by Gasteiger charge is -2.48. The van der Waals surface area contributed by atoms with Crippen molar-refractivity contribution in [1.82, 2.24) is 0 Å². The molecule has 14 heteroatoms. The summed E-state index contributed by atoms with van der Waals surface area (Å²) < 4.78 is 36.4. The van der Waals surface area contributed by atoms with Gasteiger partial charge in [0.05, 0.1) is 47.6 Å². The molecule has 0 spiro atoms. The van der Waals surface area contributed by atoms with Gasteiger partial charge in [0.25, 0.3) is 0 Å². The smallest absolute Gasteiger partial charge is 0.311 e. The fraction of sp³-hybridized carbons (Fsp3) is 0.941. The summed E-state index contributed by atoms with van der Waals surface area (Å²) in [7, 11) is 1.47. The molecule has 0 radical (unpaired) electrons. The Morgan fingerprint density at radius 1 is 0.938 bits per heavy atom. The van der Waals surface area contributed by atoms with Crippen LogP contribution in [0.3, 0.4) is 0 Å². The first kappa shape index (κ1) is 41.1. The van der Waals surface area contributed by atoms with Crippen LogP contribution in [0.5, 0.6) is 0 Å². The summed E-state index contributed by atoms with van der Waals surface area (Å²) in [4.78, 5) is 27.3. The second-order valence-corrected chi connectivity index (χ2v) is 15.1. The van der Waals surface area contributed by atoms with Gasteiger partial charge in [-0.3, -0.25) is 9.59 Å². The maximum Gasteiger partial charge on any atom is 0.311 e. The minimum Gasteiger partial charge on any atom is -0.459 e. The zero-order valence-electron chi connectivity index (χ0n) is 30.2. The highest BCUT2D eigenvalue weighted by Gasteiger charge is 2.52. The summed E-state index contributed by atoms with van der Waals surface area (Å²) in [5, 5.41) is 56.4. The first-order valence-electron chi connectivity index (χ1n) is 17.3. The largest absolute Gasteiger partial charge is 0.459 e. The second-order valence-electron chi connectivity index (χ2n) is 15.1. The minimum absolute atomic E-state index is 0.0869. The van der Waals surface area contributed by atoms with Crippen LogP contribution >= 0.6 is 0 Å². The number of aliphatic hydroxyl groups excluding tert-OH is 3. The molecule has 0 aromatic heterocycles. The van der Waals surface area contributed by atoms with Gasteiger partial charge in [0.15, 0.2) is 12.6 Å². The number of hydrogen-bond acceptors (Lipinski definition) is 14. The third kappa shape index (κ3) is 8.76. The second kappa shape index (κ2) is 15.9. The monoisotopic (exact) mass is 691 g/mol. The highest BCUT2D eigenvalue weighted by molar-refractivity contribution is 5.81. The predicted octanol–water partition coefficient (Wildman–Crippen LogP) is 0.937. The molecule has 0 aromatic carbocycles. The van der Waals surface area contributed by atoms with Crippen molar-refractivity contribution in [2.24, 2.45) is 23.5 Å². The summed E-state index contributed by atoms with van der Waals surface area (Å²) in [5.74, 6) is -4.18. The van der Waals surface area contributed by atoms with Crippen molar-refractivity contribution < 1.29 is 63.5 Å². The maximum atomic E-state index is 13.9. The molecule has 3 fully saturated rings. The zero-order chi connectivity index (χ0) is 36.5. The number of nitrogens with two attached hydrogens (primary N) is 1. The Kier molecular flexibility index (Phi) is 13.7. The molecule has 3 heterocycles. The van der Waals surface area contributed by atoms with E-state index in [0.717, 1.165) is 0 Å². The van der Waals surface area contributed by atoms with Crippen molar-refractivity contribution in [3.8, 4) is 0 Å². The SMILES string of the molecule is CC[C@@H]1OC(=O)[C@H](C)[C@H](O[C@H]2C[C@@](C)(OC)[C@@H](O)[C@H](C)O2)[C@H](C)[C@@H](O[C@@H]2O[C@H](C)C[C@H](N)[C@H]2O)[C@](C)(O)CCC(=O)[C@@H](C)C(O)[C@]1(C)O. The summed E-state index contributed by atoms with van der Waals surface area (Å²) >= 11 is 0. The molecule has 3 saturated heterocycles. The molecular weight excluding hydrogens is 630 g/mol. The van der Waals surface area contributed by atoms with E-state index >= 15 is 0 Å². The van der Waals surface area contributed by atoms with Crippen LogP contribution in [0, 0.1) is 17.8 Å². The van der Waals surface area contributed by atoms with Crippen molar-refractivity contribution in [2.75, 3.05) is 7.11 Å². The van der Waals surface area contributed by atoms with Crippen molar-refractivity contribution in [3.63, 3.8) is 0 Å². The van der Waals surface area contributed by atoms with Crippen LogP contribution in [0.15, 0.2) is 0 Å². The lowest BCUT2D eigenvalue weighted by Crippen LogP contribution is -2.60. The highest BCUT2D eigenvalue weighted by Crippen LogP contribution is 2.39. The molecule has 0 aliphatic carbocycles. The molecule has 0 bridgehead atoms. The van der Waals surface area contributed by atoms with Crippen LogP contribution < -0.4 is 5.73 Å². The van der Waals surface area contributed by atoms with E-state index in [1.54, 1.807) is 41.5 Å². The average molecular weight is 692 g/mol. The summed E-state index contributed by atoms with van der Waals surface area (Å²) in [5.41, 5.74) is 1.37. The molecule has 3 aliphatic rings. The van der Waals surface area contributed by atoms with Crippen molar-refractivity contribution in [1.29, 1.82) is 0 Å². The predicted molar refractivity (Wildman–Crippen MR) is 172 cm³/mol. The number of rotatable bonds is 6. The quantitative estimate of drug-likeness (QED) is 0.214. The van der Waals surface area contributed by atoms with E-state index in [9.17, 15) is 35.1 Å². The number of aliphatic hydroxyl groups is 5. The Labute approximate surface area is 284 Å². The minimum atomic E-state index is -1.98. The molecule has 0 saturated carbocycles. The van der Waals surface area contributed by atoms with Crippen molar-refractivity contribution >= 4 is 11.8 Å². The van der Waals surface area contributed by atoms with Gasteiger partial charge in [0, 0.05) is 37.8 Å². The van der Waals surface area contributed by atoms with E-state index in [-0.39, 0.29) is 31.8 Å². The number of hydrogen-bond donors (Lipinski definition) is 6. The van der Waals surface area contributed by atoms with E-state index in [1.165, 1.54) is 27.9 Å². The Morgan fingerprint density at radius 2 is 1.56 bits per heavy atom. The van der Waals surface area contributed by atoms with Gasteiger partial charge in [-0.15, -0.1) is 0 Å². The summed E-state index contributed by atoms with van der Waals surface area (Å²) in [6, 6.07) is -0.670. The highest BCUT2D eigenvalue weighted by atomic mass is 16.7. The van der Waals surface area contributed by atoms with E-state index in [1.807, 2.05) is 0 Å². The van der Waals surface area contributed by atoms with Gasteiger partial charge in [0.2, 0.25) is 0 Å². The van der Waals surface area contributed by atoms with E-state index in [4.69, 9.17) is 34.2 Å². The molecule has 1 unspecified atom stereocenters. The van der Waals surface area contributed by atoms with Gasteiger partial charge >= 0.3 is 5.97 Å². The van der Waals surface area contributed by atoms with Crippen LogP contribution in [-0.2, 0) is 38.0 Å². The molecular formula is C34H61NO13. The third-order valence-electron chi connectivity index (χ3n) is 11.0. The average Bonchev–Trinajstić information content (AvgIpc) is 3.02. The van der Waals surface area contributed by atoms with Crippen molar-refractivity contribution in [3.05, 3.63) is 0 Å². The molecule has 3 rings (SSSR count). The fourth-order valence-corrected chi connectivity index (χ4v) is 7.44. The molecule has 3 aliphatic heterocycles. The summed E-state index contributed by atoms with van der Waals surface area (Å²) in [6.07, 6.45) is -10.3.